The fourth-order valence-electron chi connectivity index (χ4n) is 1.54. The first kappa shape index (κ1) is 13.9. The molecule has 0 heterocycles. The van der Waals surface area contributed by atoms with Gasteiger partial charge in [-0.1, -0.05) is 0 Å². The standard InChI is InChI=1S/C13H20FNO2/c1-13(2,15(3)4)12(16)10-8-9(14)6-7-11(10)17-5/h6-8,12,16H,1-5H3. The minimum atomic E-state index is -0.830. The number of ether oxygens (including phenoxy) is 1. The molecule has 1 aromatic rings. The van der Waals surface area contributed by atoms with Crippen LogP contribution in [-0.4, -0.2) is 36.8 Å². The fourth-order valence-corrected chi connectivity index (χ4v) is 1.54. The first-order valence-electron chi connectivity index (χ1n) is 5.49. The monoisotopic (exact) mass is 241 g/mol. The number of nitrogens with zero attached hydrogens (tertiary/aromatic N) is 1. The molecule has 3 nitrogen and oxygen atoms in total. The third-order valence-corrected chi connectivity index (χ3v) is 3.31. The lowest BCUT2D eigenvalue weighted by atomic mass is 9.89. The van der Waals surface area contributed by atoms with Crippen LogP contribution in [0.3, 0.4) is 0 Å². The molecule has 1 N–H and O–H groups in total. The van der Waals surface area contributed by atoms with Crippen molar-refractivity contribution < 1.29 is 14.2 Å². The highest BCUT2D eigenvalue weighted by Gasteiger charge is 2.33. The summed E-state index contributed by atoms with van der Waals surface area (Å²) in [5.41, 5.74) is -0.0487. The Labute approximate surface area is 102 Å². The van der Waals surface area contributed by atoms with Gasteiger partial charge in [-0.25, -0.2) is 4.39 Å². The molecule has 0 aliphatic rings. The number of hydrogen-bond donors (Lipinski definition) is 1. The summed E-state index contributed by atoms with van der Waals surface area (Å²) in [5, 5.41) is 10.4. The van der Waals surface area contributed by atoms with E-state index in [-0.39, 0.29) is 5.82 Å². The van der Waals surface area contributed by atoms with Crippen LogP contribution in [0.5, 0.6) is 5.75 Å². The number of methoxy groups -OCH3 is 1. The van der Waals surface area contributed by atoms with Gasteiger partial charge in [0.05, 0.1) is 7.11 Å². The normalized spacial score (nSPS) is 13.9. The van der Waals surface area contributed by atoms with Crippen molar-refractivity contribution in [3.05, 3.63) is 29.6 Å². The SMILES string of the molecule is COc1ccc(F)cc1C(O)C(C)(C)N(C)C. The zero-order valence-electron chi connectivity index (χ0n) is 11.0. The Kier molecular flexibility index (Phi) is 4.11. The number of hydrogen-bond acceptors (Lipinski definition) is 3. The molecular formula is C13H20FNO2. The lowest BCUT2D eigenvalue weighted by molar-refractivity contribution is 0.0148. The highest BCUT2D eigenvalue weighted by molar-refractivity contribution is 5.37. The van der Waals surface area contributed by atoms with Crippen LogP contribution in [0.25, 0.3) is 0 Å². The van der Waals surface area contributed by atoms with Gasteiger partial charge in [-0.3, -0.25) is 0 Å². The summed E-state index contributed by atoms with van der Waals surface area (Å²) in [6, 6.07) is 4.16. The van der Waals surface area contributed by atoms with E-state index in [1.54, 1.807) is 0 Å². The molecule has 0 aromatic heterocycles. The van der Waals surface area contributed by atoms with Crippen molar-refractivity contribution in [1.82, 2.24) is 4.90 Å². The summed E-state index contributed by atoms with van der Waals surface area (Å²) in [6.07, 6.45) is -0.830. The molecular weight excluding hydrogens is 221 g/mol. The molecule has 96 valence electrons. The number of halogens is 1. The largest absolute Gasteiger partial charge is 0.496 e. The molecule has 17 heavy (non-hydrogen) atoms. The Hall–Kier alpha value is -1.13. The predicted octanol–water partition coefficient (Wildman–Crippen LogP) is 2.21. The Morgan fingerprint density at radius 2 is 1.94 bits per heavy atom. The summed E-state index contributed by atoms with van der Waals surface area (Å²) in [5.74, 6) is 0.114. The number of aliphatic hydroxyl groups is 1. The maximum atomic E-state index is 13.3. The second-order valence-corrected chi connectivity index (χ2v) is 4.84. The van der Waals surface area contributed by atoms with Crippen LogP contribution < -0.4 is 4.74 Å². The maximum absolute atomic E-state index is 13.3. The highest BCUT2D eigenvalue weighted by atomic mass is 19.1. The van der Waals surface area contributed by atoms with Gasteiger partial charge in [0.25, 0.3) is 0 Å². The van der Waals surface area contributed by atoms with Crippen LogP contribution in [-0.2, 0) is 0 Å². The van der Waals surface area contributed by atoms with Gasteiger partial charge in [0, 0.05) is 11.1 Å². The second-order valence-electron chi connectivity index (χ2n) is 4.84. The molecule has 0 bridgehead atoms. The van der Waals surface area contributed by atoms with E-state index in [1.807, 2.05) is 32.8 Å². The minimum Gasteiger partial charge on any atom is -0.496 e. The van der Waals surface area contributed by atoms with E-state index in [2.05, 4.69) is 0 Å². The van der Waals surface area contributed by atoms with Crippen molar-refractivity contribution in [2.75, 3.05) is 21.2 Å². The van der Waals surface area contributed by atoms with E-state index < -0.39 is 11.6 Å². The zero-order valence-corrected chi connectivity index (χ0v) is 11.0. The van der Waals surface area contributed by atoms with E-state index in [0.717, 1.165) is 0 Å². The molecule has 1 rings (SSSR count). The van der Waals surface area contributed by atoms with E-state index in [1.165, 1.54) is 25.3 Å². The van der Waals surface area contributed by atoms with Gasteiger partial charge in [0.2, 0.25) is 0 Å². The van der Waals surface area contributed by atoms with E-state index in [9.17, 15) is 9.50 Å². The van der Waals surface area contributed by atoms with Gasteiger partial charge in [-0.15, -0.1) is 0 Å². The molecule has 0 saturated heterocycles. The van der Waals surface area contributed by atoms with Crippen molar-refractivity contribution in [2.45, 2.75) is 25.5 Å². The second kappa shape index (κ2) is 5.02. The van der Waals surface area contributed by atoms with Crippen molar-refractivity contribution in [1.29, 1.82) is 0 Å². The third kappa shape index (κ3) is 2.76. The molecule has 0 saturated carbocycles. The fraction of sp³-hybridized carbons (Fsp3) is 0.538. The van der Waals surface area contributed by atoms with Gasteiger partial charge >= 0.3 is 0 Å². The zero-order chi connectivity index (χ0) is 13.2. The molecule has 4 heteroatoms. The van der Waals surface area contributed by atoms with Crippen molar-refractivity contribution >= 4 is 0 Å². The molecule has 1 aromatic carbocycles. The first-order valence-corrected chi connectivity index (χ1v) is 5.49. The van der Waals surface area contributed by atoms with Gasteiger partial charge in [0.15, 0.2) is 0 Å². The summed E-state index contributed by atoms with van der Waals surface area (Å²) in [4.78, 5) is 1.89. The van der Waals surface area contributed by atoms with Crippen molar-refractivity contribution in [2.24, 2.45) is 0 Å². The van der Waals surface area contributed by atoms with Crippen LogP contribution in [0.15, 0.2) is 18.2 Å². The minimum absolute atomic E-state index is 0.380. The first-order chi connectivity index (χ1) is 7.80. The summed E-state index contributed by atoms with van der Waals surface area (Å²) in [7, 11) is 5.25. The van der Waals surface area contributed by atoms with Gasteiger partial charge in [-0.05, 0) is 46.1 Å². The molecule has 0 aliphatic carbocycles. The van der Waals surface area contributed by atoms with Crippen molar-refractivity contribution in [3.63, 3.8) is 0 Å². The summed E-state index contributed by atoms with van der Waals surface area (Å²) < 4.78 is 18.4. The molecule has 0 spiro atoms. The molecule has 0 fully saturated rings. The van der Waals surface area contributed by atoms with E-state index in [0.29, 0.717) is 11.3 Å². The molecule has 1 atom stereocenters. The van der Waals surface area contributed by atoms with Gasteiger partial charge < -0.3 is 14.7 Å². The van der Waals surface area contributed by atoms with E-state index in [4.69, 9.17) is 4.74 Å². The van der Waals surface area contributed by atoms with Gasteiger partial charge in [0.1, 0.15) is 17.7 Å². The van der Waals surface area contributed by atoms with Crippen LogP contribution >= 0.6 is 0 Å². The third-order valence-electron chi connectivity index (χ3n) is 3.31. The number of likely N-dealkylation sites (N-methyl/N-ethyl adjacent to an activating group) is 1. The van der Waals surface area contributed by atoms with Crippen LogP contribution in [0.4, 0.5) is 4.39 Å². The van der Waals surface area contributed by atoms with Gasteiger partial charge in [-0.2, -0.15) is 0 Å². The predicted molar refractivity (Wildman–Crippen MR) is 65.7 cm³/mol. The Morgan fingerprint density at radius 3 is 2.41 bits per heavy atom. The Morgan fingerprint density at radius 1 is 1.35 bits per heavy atom. The average Bonchev–Trinajstić information content (AvgIpc) is 2.27. The van der Waals surface area contributed by atoms with Crippen LogP contribution in [0.2, 0.25) is 0 Å². The Bertz CT molecular complexity index is 391. The number of benzene rings is 1. The quantitative estimate of drug-likeness (QED) is 0.877. The highest BCUT2D eigenvalue weighted by Crippen LogP contribution is 2.35. The molecule has 0 radical (unpaired) electrons. The molecule has 1 unspecified atom stereocenters. The average molecular weight is 241 g/mol. The lowest BCUT2D eigenvalue weighted by Gasteiger charge is -2.37. The van der Waals surface area contributed by atoms with Crippen LogP contribution in [0.1, 0.15) is 25.5 Å². The van der Waals surface area contributed by atoms with Crippen molar-refractivity contribution in [3.8, 4) is 5.75 Å². The summed E-state index contributed by atoms with van der Waals surface area (Å²) in [6.45, 7) is 3.78. The smallest absolute Gasteiger partial charge is 0.124 e. The molecule has 0 amide bonds. The maximum Gasteiger partial charge on any atom is 0.124 e. The van der Waals surface area contributed by atoms with E-state index >= 15 is 0 Å². The Balaban J connectivity index is 3.19. The number of aliphatic hydroxyl groups excluding tert-OH is 1. The summed E-state index contributed by atoms with van der Waals surface area (Å²) >= 11 is 0. The number of rotatable bonds is 4. The lowest BCUT2D eigenvalue weighted by Crippen LogP contribution is -2.43. The van der Waals surface area contributed by atoms with Crippen LogP contribution in [0, 0.1) is 5.82 Å². The topological polar surface area (TPSA) is 32.7 Å². The molecule has 0 aliphatic heterocycles.